The molecule has 0 bridgehead atoms. The molecule has 0 aliphatic heterocycles. The fourth-order valence-electron chi connectivity index (χ4n) is 0.951. The SMILES string of the molecule is C=C(C)C(=O)SC1(CC)CC1. The average Bonchev–Trinajstić information content (AvgIpc) is 2.69. The highest BCUT2D eigenvalue weighted by Gasteiger charge is 2.43. The lowest BCUT2D eigenvalue weighted by atomic mass is 10.3. The summed E-state index contributed by atoms with van der Waals surface area (Å²) in [4.78, 5) is 11.2. The second-order valence-electron chi connectivity index (χ2n) is 3.21. The van der Waals surface area contributed by atoms with Crippen LogP contribution in [-0.4, -0.2) is 9.86 Å². The summed E-state index contributed by atoms with van der Waals surface area (Å²) in [5.41, 5.74) is 0.676. The third-order valence-corrected chi connectivity index (χ3v) is 3.77. The minimum atomic E-state index is 0.171. The van der Waals surface area contributed by atoms with Gasteiger partial charge in [0.25, 0.3) is 0 Å². The molecule has 0 amide bonds. The van der Waals surface area contributed by atoms with Gasteiger partial charge in [0.15, 0.2) is 0 Å². The second-order valence-corrected chi connectivity index (χ2v) is 4.65. The first kappa shape index (κ1) is 8.85. The summed E-state index contributed by atoms with van der Waals surface area (Å²) in [7, 11) is 0. The molecule has 1 rings (SSSR count). The van der Waals surface area contributed by atoms with Crippen LogP contribution in [0.2, 0.25) is 0 Å². The lowest BCUT2D eigenvalue weighted by molar-refractivity contribution is -0.107. The van der Waals surface area contributed by atoms with Crippen LogP contribution >= 0.6 is 11.8 Å². The van der Waals surface area contributed by atoms with Crippen LogP contribution in [0.4, 0.5) is 0 Å². The van der Waals surface area contributed by atoms with E-state index in [1.54, 1.807) is 6.92 Å². The summed E-state index contributed by atoms with van der Waals surface area (Å²) in [6.45, 7) is 7.55. The third-order valence-electron chi connectivity index (χ3n) is 2.11. The Labute approximate surface area is 72.2 Å². The Morgan fingerprint density at radius 3 is 2.45 bits per heavy atom. The maximum atomic E-state index is 11.2. The van der Waals surface area contributed by atoms with E-state index in [0.717, 1.165) is 6.42 Å². The summed E-state index contributed by atoms with van der Waals surface area (Å²) >= 11 is 1.48. The van der Waals surface area contributed by atoms with Gasteiger partial charge in [0, 0.05) is 4.75 Å². The Morgan fingerprint density at radius 2 is 2.18 bits per heavy atom. The van der Waals surface area contributed by atoms with E-state index in [-0.39, 0.29) is 5.12 Å². The molecular weight excluding hydrogens is 156 g/mol. The van der Waals surface area contributed by atoms with Crippen LogP contribution in [0.25, 0.3) is 0 Å². The standard InChI is InChI=1S/C9H14OS/c1-4-9(5-6-9)11-8(10)7(2)3/h2,4-6H2,1,3H3. The van der Waals surface area contributed by atoms with Crippen molar-refractivity contribution in [1.29, 1.82) is 0 Å². The molecule has 1 aliphatic carbocycles. The van der Waals surface area contributed by atoms with Gasteiger partial charge in [-0.25, -0.2) is 0 Å². The van der Waals surface area contributed by atoms with Gasteiger partial charge in [-0.05, 0) is 31.8 Å². The largest absolute Gasteiger partial charge is 0.282 e. The van der Waals surface area contributed by atoms with E-state index in [1.165, 1.54) is 24.6 Å². The Morgan fingerprint density at radius 1 is 1.64 bits per heavy atom. The van der Waals surface area contributed by atoms with Gasteiger partial charge in [-0.15, -0.1) is 0 Å². The minimum absolute atomic E-state index is 0.171. The summed E-state index contributed by atoms with van der Waals surface area (Å²) < 4.78 is 0.302. The maximum absolute atomic E-state index is 11.2. The molecule has 0 atom stereocenters. The monoisotopic (exact) mass is 170 g/mol. The summed E-state index contributed by atoms with van der Waals surface area (Å²) in [5.74, 6) is 0. The Hall–Kier alpha value is -0.240. The first-order valence-corrected chi connectivity index (χ1v) is 4.80. The molecule has 0 unspecified atom stereocenters. The van der Waals surface area contributed by atoms with E-state index in [2.05, 4.69) is 13.5 Å². The molecule has 1 saturated carbocycles. The van der Waals surface area contributed by atoms with Crippen LogP contribution in [0.1, 0.15) is 33.1 Å². The number of carbonyl (C=O) groups is 1. The van der Waals surface area contributed by atoms with Gasteiger partial charge in [-0.2, -0.15) is 0 Å². The molecule has 11 heavy (non-hydrogen) atoms. The van der Waals surface area contributed by atoms with E-state index in [9.17, 15) is 4.79 Å². The molecule has 0 N–H and O–H groups in total. The zero-order chi connectivity index (χ0) is 8.48. The highest BCUT2D eigenvalue weighted by Crippen LogP contribution is 2.51. The molecule has 0 radical (unpaired) electrons. The van der Waals surface area contributed by atoms with Crippen molar-refractivity contribution in [2.45, 2.75) is 37.9 Å². The minimum Gasteiger partial charge on any atom is -0.282 e. The third kappa shape index (κ3) is 2.09. The van der Waals surface area contributed by atoms with Crippen LogP contribution in [-0.2, 0) is 4.79 Å². The van der Waals surface area contributed by atoms with E-state index >= 15 is 0 Å². The number of thioether (sulfide) groups is 1. The lowest BCUT2D eigenvalue weighted by Crippen LogP contribution is -2.05. The van der Waals surface area contributed by atoms with E-state index in [0.29, 0.717) is 10.3 Å². The number of rotatable bonds is 3. The Balaban J connectivity index is 2.42. The smallest absolute Gasteiger partial charge is 0.214 e. The Bertz CT molecular complexity index is 192. The van der Waals surface area contributed by atoms with E-state index in [1.807, 2.05) is 0 Å². The summed E-state index contributed by atoms with van der Waals surface area (Å²) in [6.07, 6.45) is 3.51. The summed E-state index contributed by atoms with van der Waals surface area (Å²) in [5, 5.41) is 0.171. The van der Waals surface area contributed by atoms with Crippen molar-refractivity contribution >= 4 is 16.9 Å². The van der Waals surface area contributed by atoms with Gasteiger partial charge in [0.05, 0.1) is 0 Å². The van der Waals surface area contributed by atoms with Gasteiger partial charge in [-0.1, -0.05) is 25.3 Å². The first-order chi connectivity index (χ1) is 5.09. The maximum Gasteiger partial charge on any atom is 0.214 e. The molecule has 0 aromatic carbocycles. The van der Waals surface area contributed by atoms with Crippen molar-refractivity contribution in [3.05, 3.63) is 12.2 Å². The van der Waals surface area contributed by atoms with Crippen LogP contribution < -0.4 is 0 Å². The molecule has 0 saturated heterocycles. The van der Waals surface area contributed by atoms with Crippen molar-refractivity contribution in [2.75, 3.05) is 0 Å². The van der Waals surface area contributed by atoms with Gasteiger partial charge in [0.2, 0.25) is 5.12 Å². The van der Waals surface area contributed by atoms with E-state index < -0.39 is 0 Å². The van der Waals surface area contributed by atoms with Crippen molar-refractivity contribution in [1.82, 2.24) is 0 Å². The topological polar surface area (TPSA) is 17.1 Å². The van der Waals surface area contributed by atoms with Crippen molar-refractivity contribution in [2.24, 2.45) is 0 Å². The molecule has 0 heterocycles. The summed E-state index contributed by atoms with van der Waals surface area (Å²) in [6, 6.07) is 0. The number of hydrogen-bond acceptors (Lipinski definition) is 2. The van der Waals surface area contributed by atoms with Crippen LogP contribution in [0.15, 0.2) is 12.2 Å². The zero-order valence-corrected chi connectivity index (χ0v) is 7.96. The fraction of sp³-hybridized carbons (Fsp3) is 0.667. The van der Waals surface area contributed by atoms with Crippen molar-refractivity contribution in [3.63, 3.8) is 0 Å². The number of hydrogen-bond donors (Lipinski definition) is 0. The van der Waals surface area contributed by atoms with Gasteiger partial charge >= 0.3 is 0 Å². The molecular formula is C9H14OS. The molecule has 1 nitrogen and oxygen atoms in total. The van der Waals surface area contributed by atoms with Gasteiger partial charge in [0.1, 0.15) is 0 Å². The van der Waals surface area contributed by atoms with Gasteiger partial charge in [-0.3, -0.25) is 4.79 Å². The highest BCUT2D eigenvalue weighted by molar-refractivity contribution is 8.15. The van der Waals surface area contributed by atoms with Crippen LogP contribution in [0, 0.1) is 0 Å². The zero-order valence-electron chi connectivity index (χ0n) is 7.14. The molecule has 0 aromatic rings. The molecule has 1 aliphatic rings. The van der Waals surface area contributed by atoms with Crippen LogP contribution in [0.3, 0.4) is 0 Å². The average molecular weight is 170 g/mol. The molecule has 62 valence electrons. The van der Waals surface area contributed by atoms with E-state index in [4.69, 9.17) is 0 Å². The van der Waals surface area contributed by atoms with Gasteiger partial charge < -0.3 is 0 Å². The highest BCUT2D eigenvalue weighted by atomic mass is 32.2. The first-order valence-electron chi connectivity index (χ1n) is 3.98. The lowest BCUT2D eigenvalue weighted by Gasteiger charge is -2.09. The van der Waals surface area contributed by atoms with Crippen LogP contribution in [0.5, 0.6) is 0 Å². The van der Waals surface area contributed by atoms with Crippen molar-refractivity contribution < 1.29 is 4.79 Å². The molecule has 0 aromatic heterocycles. The predicted octanol–water partition coefficient (Wildman–Crippen LogP) is 2.76. The Kier molecular flexibility index (Phi) is 2.43. The molecule has 2 heteroatoms. The second kappa shape index (κ2) is 3.02. The molecule has 1 fully saturated rings. The quantitative estimate of drug-likeness (QED) is 0.606. The molecule has 0 spiro atoms. The predicted molar refractivity (Wildman–Crippen MR) is 49.7 cm³/mol. The van der Waals surface area contributed by atoms with Crippen molar-refractivity contribution in [3.8, 4) is 0 Å². The fourth-order valence-corrected chi connectivity index (χ4v) is 1.97. The normalized spacial score (nSPS) is 19.5. The number of carbonyl (C=O) groups excluding carboxylic acids is 1.